The molecular formula is C17H22ClN3. The maximum absolute atomic E-state index is 6.25. The van der Waals surface area contributed by atoms with Crippen molar-refractivity contribution in [3.05, 3.63) is 64.9 Å². The van der Waals surface area contributed by atoms with Crippen molar-refractivity contribution in [1.29, 1.82) is 0 Å². The first kappa shape index (κ1) is 16.0. The van der Waals surface area contributed by atoms with Crippen molar-refractivity contribution in [2.75, 3.05) is 20.1 Å². The molecule has 2 aromatic rings. The van der Waals surface area contributed by atoms with Gasteiger partial charge in [0.25, 0.3) is 0 Å². The molecule has 0 amide bonds. The number of halogens is 1. The molecule has 1 atom stereocenters. The molecule has 21 heavy (non-hydrogen) atoms. The van der Waals surface area contributed by atoms with E-state index in [2.05, 4.69) is 35.2 Å². The third-order valence-corrected chi connectivity index (χ3v) is 4.03. The van der Waals surface area contributed by atoms with Gasteiger partial charge in [0, 0.05) is 36.9 Å². The zero-order chi connectivity index (χ0) is 15.1. The van der Waals surface area contributed by atoms with E-state index in [9.17, 15) is 0 Å². The van der Waals surface area contributed by atoms with E-state index in [1.165, 1.54) is 5.56 Å². The lowest BCUT2D eigenvalue weighted by Gasteiger charge is -2.25. The fourth-order valence-electron chi connectivity index (χ4n) is 2.22. The molecule has 0 aliphatic heterocycles. The normalized spacial score (nSPS) is 12.6. The van der Waals surface area contributed by atoms with Crippen molar-refractivity contribution in [1.82, 2.24) is 15.2 Å². The maximum Gasteiger partial charge on any atom is 0.0541 e. The Morgan fingerprint density at radius 3 is 2.67 bits per heavy atom. The minimum atomic E-state index is 0.301. The summed E-state index contributed by atoms with van der Waals surface area (Å²) in [5.41, 5.74) is 2.24. The highest BCUT2D eigenvalue weighted by atomic mass is 35.5. The van der Waals surface area contributed by atoms with Gasteiger partial charge in [-0.3, -0.25) is 9.88 Å². The van der Waals surface area contributed by atoms with Crippen molar-refractivity contribution >= 4 is 11.6 Å². The molecule has 112 valence electrons. The van der Waals surface area contributed by atoms with Crippen LogP contribution in [0.15, 0.2) is 48.7 Å². The van der Waals surface area contributed by atoms with Crippen LogP contribution < -0.4 is 5.32 Å². The molecule has 0 spiro atoms. The molecule has 0 radical (unpaired) electrons. The molecule has 4 heteroatoms. The van der Waals surface area contributed by atoms with Gasteiger partial charge >= 0.3 is 0 Å². The van der Waals surface area contributed by atoms with Gasteiger partial charge in [-0.05, 0) is 37.7 Å². The molecule has 0 bridgehead atoms. The molecule has 1 heterocycles. The summed E-state index contributed by atoms with van der Waals surface area (Å²) in [4.78, 5) is 6.59. The van der Waals surface area contributed by atoms with Gasteiger partial charge in [-0.25, -0.2) is 0 Å². The van der Waals surface area contributed by atoms with Gasteiger partial charge in [-0.1, -0.05) is 35.9 Å². The number of nitrogens with one attached hydrogen (secondary N) is 1. The first-order chi connectivity index (χ1) is 10.2. The van der Waals surface area contributed by atoms with Crippen LogP contribution in [-0.4, -0.2) is 30.0 Å². The molecule has 2 rings (SSSR count). The van der Waals surface area contributed by atoms with Crippen LogP contribution in [0.4, 0.5) is 0 Å². The molecule has 3 nitrogen and oxygen atoms in total. The SMILES string of the molecule is CC(c1ccccc1Cl)N(C)CCNCc1ccccn1. The van der Waals surface area contributed by atoms with Crippen LogP contribution in [0.1, 0.15) is 24.2 Å². The van der Waals surface area contributed by atoms with Gasteiger partial charge in [-0.15, -0.1) is 0 Å². The van der Waals surface area contributed by atoms with Gasteiger partial charge in [0.05, 0.1) is 5.69 Å². The summed E-state index contributed by atoms with van der Waals surface area (Å²) in [6.07, 6.45) is 1.82. The summed E-state index contributed by atoms with van der Waals surface area (Å²) in [5.74, 6) is 0. The Kier molecular flexibility index (Phi) is 6.18. The van der Waals surface area contributed by atoms with Gasteiger partial charge < -0.3 is 5.32 Å². The number of hydrogen-bond donors (Lipinski definition) is 1. The molecular weight excluding hydrogens is 282 g/mol. The lowest BCUT2D eigenvalue weighted by molar-refractivity contribution is 0.261. The average molecular weight is 304 g/mol. The van der Waals surface area contributed by atoms with Gasteiger partial charge in [0.2, 0.25) is 0 Å². The Hall–Kier alpha value is -1.42. The predicted octanol–water partition coefficient (Wildman–Crippen LogP) is 3.52. The first-order valence-electron chi connectivity index (χ1n) is 7.24. The van der Waals surface area contributed by atoms with Crippen LogP contribution in [0, 0.1) is 0 Å². The van der Waals surface area contributed by atoms with Crippen LogP contribution >= 0.6 is 11.6 Å². The minimum Gasteiger partial charge on any atom is -0.310 e. The molecule has 1 aromatic heterocycles. The lowest BCUT2D eigenvalue weighted by atomic mass is 10.1. The molecule has 1 aromatic carbocycles. The van der Waals surface area contributed by atoms with E-state index in [1.807, 2.05) is 42.6 Å². The van der Waals surface area contributed by atoms with E-state index in [0.717, 1.165) is 30.4 Å². The molecule has 0 aliphatic rings. The molecule has 0 saturated heterocycles. The quantitative estimate of drug-likeness (QED) is 0.793. The van der Waals surface area contributed by atoms with E-state index >= 15 is 0 Å². The summed E-state index contributed by atoms with van der Waals surface area (Å²) in [6.45, 7) is 4.86. The molecule has 1 unspecified atom stereocenters. The van der Waals surface area contributed by atoms with Crippen molar-refractivity contribution in [3.63, 3.8) is 0 Å². The first-order valence-corrected chi connectivity index (χ1v) is 7.61. The minimum absolute atomic E-state index is 0.301. The number of hydrogen-bond acceptors (Lipinski definition) is 3. The molecule has 0 aliphatic carbocycles. The third kappa shape index (κ3) is 4.81. The number of likely N-dealkylation sites (N-methyl/N-ethyl adjacent to an activating group) is 1. The van der Waals surface area contributed by atoms with Gasteiger partial charge in [0.15, 0.2) is 0 Å². The summed E-state index contributed by atoms with van der Waals surface area (Å²) < 4.78 is 0. The summed E-state index contributed by atoms with van der Waals surface area (Å²) in [6, 6.07) is 14.3. The highest BCUT2D eigenvalue weighted by Crippen LogP contribution is 2.25. The lowest BCUT2D eigenvalue weighted by Crippen LogP contribution is -2.31. The topological polar surface area (TPSA) is 28.2 Å². The second-order valence-electron chi connectivity index (χ2n) is 5.18. The highest BCUT2D eigenvalue weighted by molar-refractivity contribution is 6.31. The van der Waals surface area contributed by atoms with Crippen molar-refractivity contribution in [2.24, 2.45) is 0 Å². The van der Waals surface area contributed by atoms with Crippen molar-refractivity contribution < 1.29 is 0 Å². The summed E-state index contributed by atoms with van der Waals surface area (Å²) >= 11 is 6.25. The molecule has 0 fully saturated rings. The number of nitrogens with zero attached hydrogens (tertiary/aromatic N) is 2. The summed E-state index contributed by atoms with van der Waals surface area (Å²) in [7, 11) is 2.12. The third-order valence-electron chi connectivity index (χ3n) is 3.69. The van der Waals surface area contributed by atoms with E-state index < -0.39 is 0 Å². The average Bonchev–Trinajstić information content (AvgIpc) is 2.52. The zero-order valence-corrected chi connectivity index (χ0v) is 13.3. The molecule has 0 saturated carbocycles. The number of aromatic nitrogens is 1. The second-order valence-corrected chi connectivity index (χ2v) is 5.58. The second kappa shape index (κ2) is 8.13. The Labute approximate surface area is 132 Å². The fraction of sp³-hybridized carbons (Fsp3) is 0.353. The van der Waals surface area contributed by atoms with E-state index in [4.69, 9.17) is 11.6 Å². The van der Waals surface area contributed by atoms with Gasteiger partial charge in [-0.2, -0.15) is 0 Å². The Balaban J connectivity index is 1.77. The smallest absolute Gasteiger partial charge is 0.0541 e. The Morgan fingerprint density at radius 2 is 1.95 bits per heavy atom. The monoisotopic (exact) mass is 303 g/mol. The van der Waals surface area contributed by atoms with E-state index in [0.29, 0.717) is 6.04 Å². The fourth-order valence-corrected chi connectivity index (χ4v) is 2.51. The number of rotatable bonds is 7. The number of benzene rings is 1. The highest BCUT2D eigenvalue weighted by Gasteiger charge is 2.13. The van der Waals surface area contributed by atoms with Crippen LogP contribution in [0.2, 0.25) is 5.02 Å². The molecule has 1 N–H and O–H groups in total. The van der Waals surface area contributed by atoms with E-state index in [1.54, 1.807) is 0 Å². The van der Waals surface area contributed by atoms with Crippen LogP contribution in [0.25, 0.3) is 0 Å². The van der Waals surface area contributed by atoms with Gasteiger partial charge in [0.1, 0.15) is 0 Å². The Bertz CT molecular complexity index is 545. The largest absolute Gasteiger partial charge is 0.310 e. The number of pyridine rings is 1. The Morgan fingerprint density at radius 1 is 1.19 bits per heavy atom. The zero-order valence-electron chi connectivity index (χ0n) is 12.6. The standard InChI is InChI=1S/C17H22ClN3/c1-14(16-8-3-4-9-17(16)18)21(2)12-11-19-13-15-7-5-6-10-20-15/h3-10,14,19H,11-13H2,1-2H3. The van der Waals surface area contributed by atoms with Crippen molar-refractivity contribution in [3.8, 4) is 0 Å². The predicted molar refractivity (Wildman–Crippen MR) is 88.4 cm³/mol. The van der Waals surface area contributed by atoms with E-state index in [-0.39, 0.29) is 0 Å². The van der Waals surface area contributed by atoms with Crippen LogP contribution in [0.5, 0.6) is 0 Å². The van der Waals surface area contributed by atoms with Crippen LogP contribution in [-0.2, 0) is 6.54 Å². The van der Waals surface area contributed by atoms with Crippen molar-refractivity contribution in [2.45, 2.75) is 19.5 Å². The maximum atomic E-state index is 6.25. The summed E-state index contributed by atoms with van der Waals surface area (Å²) in [5, 5.41) is 4.25. The van der Waals surface area contributed by atoms with Crippen LogP contribution in [0.3, 0.4) is 0 Å².